The number of hydrogen-bond acceptors (Lipinski definition) is 7. The van der Waals surface area contributed by atoms with E-state index in [0.29, 0.717) is 42.8 Å². The summed E-state index contributed by atoms with van der Waals surface area (Å²) < 4.78 is 39.4. The molecule has 6 rings (SSSR count). The molecular weight excluding hydrogens is 532 g/mol. The third kappa shape index (κ3) is 4.68. The van der Waals surface area contributed by atoms with Crippen molar-refractivity contribution in [2.45, 2.75) is 52.0 Å². The van der Waals surface area contributed by atoms with Gasteiger partial charge in [0.1, 0.15) is 11.7 Å². The number of ether oxygens (including phenoxy) is 1. The molecule has 1 unspecified atom stereocenters. The normalized spacial score (nSPS) is 19.3. The molecule has 3 aliphatic rings. The lowest BCUT2D eigenvalue weighted by atomic mass is 9.75. The van der Waals surface area contributed by atoms with Crippen molar-refractivity contribution in [1.82, 2.24) is 15.6 Å². The number of aliphatic imine (C=N–C) groups is 1. The number of nitrogens with zero attached hydrogens (tertiary/aromatic N) is 3. The van der Waals surface area contributed by atoms with Gasteiger partial charge >= 0.3 is 0 Å². The van der Waals surface area contributed by atoms with Gasteiger partial charge in [-0.1, -0.05) is 30.3 Å². The highest BCUT2D eigenvalue weighted by Gasteiger charge is 2.58. The van der Waals surface area contributed by atoms with Crippen LogP contribution in [0.2, 0.25) is 0 Å². The largest absolute Gasteiger partial charge is 0.489 e. The van der Waals surface area contributed by atoms with Gasteiger partial charge in [-0.2, -0.15) is 4.39 Å². The van der Waals surface area contributed by atoms with Crippen LogP contribution in [-0.4, -0.2) is 47.0 Å². The quantitative estimate of drug-likeness (QED) is 0.426. The van der Waals surface area contributed by atoms with E-state index in [4.69, 9.17) is 9.37 Å². The molecule has 0 bridgehead atoms. The van der Waals surface area contributed by atoms with E-state index in [0.717, 1.165) is 22.9 Å². The van der Waals surface area contributed by atoms with Crippen LogP contribution >= 0.6 is 0 Å². The number of carbonyl (C=O) groups is 2. The Kier molecular flexibility index (Phi) is 6.67. The van der Waals surface area contributed by atoms with E-state index in [-0.39, 0.29) is 18.1 Å². The van der Waals surface area contributed by atoms with E-state index in [1.165, 1.54) is 11.6 Å². The number of anilines is 1. The summed E-state index contributed by atoms with van der Waals surface area (Å²) in [6.07, 6.45) is 1.79. The van der Waals surface area contributed by atoms with Crippen molar-refractivity contribution in [3.8, 4) is 5.75 Å². The third-order valence-corrected chi connectivity index (χ3v) is 8.26. The second-order valence-corrected chi connectivity index (χ2v) is 10.9. The molecule has 2 aliphatic heterocycles. The number of fused-ring (bicyclic) bond motifs is 1. The molecule has 9 nitrogen and oxygen atoms in total. The van der Waals surface area contributed by atoms with Crippen molar-refractivity contribution in [2.24, 2.45) is 10.4 Å². The van der Waals surface area contributed by atoms with Gasteiger partial charge < -0.3 is 15.4 Å². The highest BCUT2D eigenvalue weighted by atomic mass is 19.2. The Morgan fingerprint density at radius 2 is 1.85 bits per heavy atom. The summed E-state index contributed by atoms with van der Waals surface area (Å²) in [5.74, 6) is -4.24. The molecular formula is C30H29F2N5O4. The zero-order valence-electron chi connectivity index (χ0n) is 22.9. The van der Waals surface area contributed by atoms with Crippen LogP contribution in [0.3, 0.4) is 0 Å². The molecule has 2 amide bonds. The number of benzene rings is 2. The minimum Gasteiger partial charge on any atom is -0.489 e. The van der Waals surface area contributed by atoms with Gasteiger partial charge in [0.05, 0.1) is 13.2 Å². The molecule has 1 fully saturated rings. The maximum atomic E-state index is 14.8. The maximum Gasteiger partial charge on any atom is 0.276 e. The Balaban J connectivity index is 1.35. The average molecular weight is 562 g/mol. The zero-order valence-corrected chi connectivity index (χ0v) is 22.9. The van der Waals surface area contributed by atoms with Crippen LogP contribution in [-0.2, 0) is 11.2 Å². The first-order valence-electron chi connectivity index (χ1n) is 13.6. The maximum absolute atomic E-state index is 14.8. The molecule has 11 heteroatoms. The van der Waals surface area contributed by atoms with E-state index in [1.807, 2.05) is 26.0 Å². The number of carbonyl (C=O) groups excluding carboxylic acids is 2. The predicted molar refractivity (Wildman–Crippen MR) is 147 cm³/mol. The number of nitrogens with one attached hydrogen (secondary N) is 2. The standard InChI is InChI=1S/C30H29F2N5O4/c1-4-21-25(37-41-36-21)28(38)35-26(23-19-9-10-20(31)24(32)27(19)40-14-30(23)11-12-30)29(39)34-18-7-5-17(6-8-18)22-15(2)13-33-16(22)3/h5-10,23,26H,4,11-14H2,1-3H3,(H,34,39)(H,35,38)/t23?,26-/m0/s1. The van der Waals surface area contributed by atoms with Crippen molar-refractivity contribution >= 4 is 28.8 Å². The second kappa shape index (κ2) is 10.2. The lowest BCUT2D eigenvalue weighted by Gasteiger charge is -2.38. The van der Waals surface area contributed by atoms with Crippen LogP contribution < -0.4 is 15.4 Å². The monoisotopic (exact) mass is 561 g/mol. The van der Waals surface area contributed by atoms with E-state index in [9.17, 15) is 18.4 Å². The zero-order chi connectivity index (χ0) is 28.9. The average Bonchev–Trinajstić information content (AvgIpc) is 3.40. The number of rotatable bonds is 7. The van der Waals surface area contributed by atoms with Crippen molar-refractivity contribution in [3.05, 3.63) is 76.1 Å². The molecule has 41 heavy (non-hydrogen) atoms. The first kappa shape index (κ1) is 26.8. The summed E-state index contributed by atoms with van der Waals surface area (Å²) in [7, 11) is 0. The van der Waals surface area contributed by atoms with Crippen molar-refractivity contribution in [1.29, 1.82) is 0 Å². The fraction of sp³-hybridized carbons (Fsp3) is 0.367. The molecule has 2 N–H and O–H groups in total. The fourth-order valence-electron chi connectivity index (χ4n) is 5.94. The van der Waals surface area contributed by atoms with Gasteiger partial charge in [0.15, 0.2) is 17.3 Å². The van der Waals surface area contributed by atoms with Gasteiger partial charge in [0.25, 0.3) is 5.91 Å². The molecule has 1 spiro atoms. The van der Waals surface area contributed by atoms with Crippen molar-refractivity contribution in [2.75, 3.05) is 18.5 Å². The molecule has 1 saturated carbocycles. The number of aromatic nitrogens is 2. The highest BCUT2D eigenvalue weighted by Crippen LogP contribution is 2.61. The Bertz CT molecular complexity index is 1610. The van der Waals surface area contributed by atoms with Crippen LogP contribution in [0, 0.1) is 17.0 Å². The summed E-state index contributed by atoms with van der Waals surface area (Å²) in [6.45, 7) is 6.57. The Morgan fingerprint density at radius 1 is 1.10 bits per heavy atom. The van der Waals surface area contributed by atoms with E-state index in [2.05, 4.69) is 25.9 Å². The molecule has 3 aromatic rings. The van der Waals surface area contributed by atoms with E-state index in [1.54, 1.807) is 19.1 Å². The van der Waals surface area contributed by atoms with Gasteiger partial charge in [-0.25, -0.2) is 9.02 Å². The second-order valence-electron chi connectivity index (χ2n) is 10.9. The summed E-state index contributed by atoms with van der Waals surface area (Å²) in [6, 6.07) is 8.67. The molecule has 2 atom stereocenters. The summed E-state index contributed by atoms with van der Waals surface area (Å²) in [5, 5.41) is 13.2. The van der Waals surface area contributed by atoms with Crippen molar-refractivity contribution in [3.63, 3.8) is 0 Å². The van der Waals surface area contributed by atoms with Crippen LogP contribution in [0.5, 0.6) is 5.75 Å². The van der Waals surface area contributed by atoms with Crippen molar-refractivity contribution < 1.29 is 27.7 Å². The molecule has 212 valence electrons. The molecule has 1 aliphatic carbocycles. The number of halogens is 2. The number of hydrogen-bond donors (Lipinski definition) is 2. The lowest BCUT2D eigenvalue weighted by molar-refractivity contribution is -0.119. The van der Waals surface area contributed by atoms with Crippen LogP contribution in [0.4, 0.5) is 14.5 Å². The van der Waals surface area contributed by atoms with Gasteiger partial charge in [-0.15, -0.1) is 0 Å². The third-order valence-electron chi connectivity index (χ3n) is 8.26. The minimum absolute atomic E-state index is 0.0330. The van der Waals surface area contributed by atoms with E-state index < -0.39 is 40.8 Å². The van der Waals surface area contributed by atoms with Gasteiger partial charge in [-0.05, 0) is 67.6 Å². The highest BCUT2D eigenvalue weighted by molar-refractivity contribution is 6.25. The number of allylic oxidation sites excluding steroid dienone is 1. The number of aryl methyl sites for hydroxylation is 1. The van der Waals surface area contributed by atoms with Crippen LogP contribution in [0.15, 0.2) is 51.6 Å². The topological polar surface area (TPSA) is 119 Å². The first-order chi connectivity index (χ1) is 19.7. The smallest absolute Gasteiger partial charge is 0.276 e. The van der Waals surface area contributed by atoms with Gasteiger partial charge in [0, 0.05) is 33.9 Å². The fourth-order valence-corrected chi connectivity index (χ4v) is 5.94. The SMILES string of the molecule is CCc1nonc1C(=O)N[C@H](C(=O)Nc1ccc(C2=C(C)CN=C2C)cc1)C1c2ccc(F)c(F)c2OCC12CC2. The molecule has 2 aromatic carbocycles. The first-order valence-corrected chi connectivity index (χ1v) is 13.6. The minimum atomic E-state index is -1.16. The van der Waals surface area contributed by atoms with Crippen LogP contribution in [0.1, 0.15) is 66.8 Å². The summed E-state index contributed by atoms with van der Waals surface area (Å²) >= 11 is 0. The summed E-state index contributed by atoms with van der Waals surface area (Å²) in [5.41, 5.74) is 4.85. The lowest BCUT2D eigenvalue weighted by Crippen LogP contribution is -2.52. The molecule has 1 aromatic heterocycles. The predicted octanol–water partition coefficient (Wildman–Crippen LogP) is 4.85. The Labute approximate surface area is 235 Å². The Morgan fingerprint density at radius 3 is 2.51 bits per heavy atom. The van der Waals surface area contributed by atoms with E-state index >= 15 is 0 Å². The number of amides is 2. The van der Waals surface area contributed by atoms with Gasteiger partial charge in [-0.3, -0.25) is 14.6 Å². The summed E-state index contributed by atoms with van der Waals surface area (Å²) in [4.78, 5) is 31.8. The molecule has 3 heterocycles. The van der Waals surface area contributed by atoms with Gasteiger partial charge in [0.2, 0.25) is 11.7 Å². The molecule has 0 radical (unpaired) electrons. The van der Waals surface area contributed by atoms with Crippen LogP contribution in [0.25, 0.3) is 5.57 Å². The molecule has 0 saturated heterocycles. The Hall–Kier alpha value is -4.41.